The molecule has 0 radical (unpaired) electrons. The number of hydrogen-bond acceptors (Lipinski definition) is 2. The van der Waals surface area contributed by atoms with Crippen molar-refractivity contribution in [2.45, 2.75) is 18.6 Å². The van der Waals surface area contributed by atoms with E-state index in [0.29, 0.717) is 17.9 Å². The number of ether oxygens (including phenoxy) is 1. The van der Waals surface area contributed by atoms with Gasteiger partial charge in [-0.15, -0.1) is 0 Å². The molecule has 0 amide bonds. The Labute approximate surface area is 96.9 Å². The summed E-state index contributed by atoms with van der Waals surface area (Å²) >= 11 is 0. The second-order valence-electron chi connectivity index (χ2n) is 3.84. The smallest absolute Gasteiger partial charge is 0.416 e. The zero-order valence-electron chi connectivity index (χ0n) is 9.00. The summed E-state index contributed by atoms with van der Waals surface area (Å²) in [5.41, 5.74) is 5.57. The summed E-state index contributed by atoms with van der Waals surface area (Å²) < 4.78 is 42.8. The van der Waals surface area contributed by atoms with E-state index in [1.165, 1.54) is 6.07 Å². The first kappa shape index (κ1) is 12.0. The molecule has 92 valence electrons. The molecule has 0 saturated heterocycles. The maximum absolute atomic E-state index is 12.5. The Morgan fingerprint density at radius 2 is 2.06 bits per heavy atom. The van der Waals surface area contributed by atoms with E-state index < -0.39 is 17.8 Å². The van der Waals surface area contributed by atoms with Gasteiger partial charge in [0.2, 0.25) is 0 Å². The quantitative estimate of drug-likeness (QED) is 0.866. The number of benzene rings is 1. The Bertz CT molecular complexity index is 440. The van der Waals surface area contributed by atoms with Gasteiger partial charge in [-0.25, -0.2) is 0 Å². The van der Waals surface area contributed by atoms with Crippen LogP contribution < -0.4 is 5.73 Å². The lowest BCUT2D eigenvalue weighted by Crippen LogP contribution is -2.15. The third kappa shape index (κ3) is 2.61. The van der Waals surface area contributed by atoms with Crippen molar-refractivity contribution in [2.75, 3.05) is 6.61 Å². The molecule has 0 aromatic heterocycles. The molecule has 1 atom stereocenters. The fourth-order valence-corrected chi connectivity index (χ4v) is 1.73. The Kier molecular flexibility index (Phi) is 3.11. The van der Waals surface area contributed by atoms with Crippen molar-refractivity contribution < 1.29 is 17.9 Å². The van der Waals surface area contributed by atoms with Gasteiger partial charge in [-0.05, 0) is 23.8 Å². The van der Waals surface area contributed by atoms with Crippen molar-refractivity contribution >= 4 is 0 Å². The largest absolute Gasteiger partial charge is 0.496 e. The lowest BCUT2D eigenvalue weighted by Gasteiger charge is -2.15. The van der Waals surface area contributed by atoms with Crippen molar-refractivity contribution in [1.82, 2.24) is 0 Å². The zero-order valence-corrected chi connectivity index (χ0v) is 9.00. The molecule has 17 heavy (non-hydrogen) atoms. The van der Waals surface area contributed by atoms with E-state index in [9.17, 15) is 13.2 Å². The molecule has 2 rings (SSSR count). The summed E-state index contributed by atoms with van der Waals surface area (Å²) in [6, 6.07) is 4.39. The fraction of sp³-hybridized carbons (Fsp3) is 0.333. The zero-order chi connectivity index (χ0) is 12.5. The van der Waals surface area contributed by atoms with Gasteiger partial charge in [-0.2, -0.15) is 13.2 Å². The number of rotatable bonds is 2. The molecule has 0 aliphatic carbocycles. The van der Waals surface area contributed by atoms with E-state index in [-0.39, 0.29) is 0 Å². The molecule has 0 bridgehead atoms. The topological polar surface area (TPSA) is 35.2 Å². The Morgan fingerprint density at radius 3 is 2.65 bits per heavy atom. The molecule has 0 fully saturated rings. The molecule has 0 saturated carbocycles. The summed E-state index contributed by atoms with van der Waals surface area (Å²) in [7, 11) is 0. The molecular formula is C12H12F3NO. The van der Waals surface area contributed by atoms with Crippen LogP contribution in [0.15, 0.2) is 36.1 Å². The maximum Gasteiger partial charge on any atom is 0.416 e. The monoisotopic (exact) mass is 243 g/mol. The number of hydrogen-bond donors (Lipinski definition) is 1. The molecule has 1 aliphatic rings. The summed E-state index contributed by atoms with van der Waals surface area (Å²) in [4.78, 5) is 0. The van der Waals surface area contributed by atoms with Gasteiger partial charge in [0.05, 0.1) is 18.2 Å². The Balaban J connectivity index is 2.27. The van der Waals surface area contributed by atoms with Gasteiger partial charge < -0.3 is 10.5 Å². The highest BCUT2D eigenvalue weighted by atomic mass is 19.4. The van der Waals surface area contributed by atoms with Crippen LogP contribution in [0.4, 0.5) is 13.2 Å². The molecule has 1 aliphatic heterocycles. The normalized spacial score (nSPS) is 17.5. The van der Waals surface area contributed by atoms with Crippen LogP contribution in [-0.2, 0) is 10.9 Å². The molecule has 0 spiro atoms. The third-order valence-electron chi connectivity index (χ3n) is 2.61. The molecule has 1 aromatic carbocycles. The molecular weight excluding hydrogens is 231 g/mol. The first-order valence-electron chi connectivity index (χ1n) is 5.24. The maximum atomic E-state index is 12.5. The van der Waals surface area contributed by atoms with Crippen molar-refractivity contribution in [3.63, 3.8) is 0 Å². The standard InChI is InChI=1S/C12H12F3NO/c13-12(14,15)9-4-1-3-8(7-9)11(16)10-5-2-6-17-10/h1,3-5,7,11H,2,6,16H2. The summed E-state index contributed by atoms with van der Waals surface area (Å²) in [5.74, 6) is 0.546. The minimum Gasteiger partial charge on any atom is -0.496 e. The van der Waals surface area contributed by atoms with Gasteiger partial charge in [0.25, 0.3) is 0 Å². The Morgan fingerprint density at radius 1 is 1.29 bits per heavy atom. The SMILES string of the molecule is NC(C1=CCCO1)c1cccc(C(F)(F)F)c1. The van der Waals surface area contributed by atoms with E-state index in [1.54, 1.807) is 6.07 Å². The fourth-order valence-electron chi connectivity index (χ4n) is 1.73. The van der Waals surface area contributed by atoms with Gasteiger partial charge in [-0.3, -0.25) is 0 Å². The highest BCUT2D eigenvalue weighted by Gasteiger charge is 2.31. The third-order valence-corrected chi connectivity index (χ3v) is 2.61. The number of nitrogens with two attached hydrogens (primary N) is 1. The van der Waals surface area contributed by atoms with Gasteiger partial charge in [0.1, 0.15) is 5.76 Å². The lowest BCUT2D eigenvalue weighted by atomic mass is 10.0. The minimum atomic E-state index is -4.35. The molecule has 1 unspecified atom stereocenters. The van der Waals surface area contributed by atoms with Crippen LogP contribution >= 0.6 is 0 Å². The van der Waals surface area contributed by atoms with Crippen LogP contribution in [0, 0.1) is 0 Å². The van der Waals surface area contributed by atoms with Crippen LogP contribution in [0.5, 0.6) is 0 Å². The first-order valence-corrected chi connectivity index (χ1v) is 5.24. The molecule has 2 N–H and O–H groups in total. The summed E-state index contributed by atoms with van der Waals surface area (Å²) in [5, 5.41) is 0. The molecule has 5 heteroatoms. The lowest BCUT2D eigenvalue weighted by molar-refractivity contribution is -0.137. The van der Waals surface area contributed by atoms with Crippen LogP contribution in [0.3, 0.4) is 0 Å². The van der Waals surface area contributed by atoms with E-state index in [1.807, 2.05) is 6.08 Å². The highest BCUT2D eigenvalue weighted by Crippen LogP contribution is 2.32. The Hall–Kier alpha value is -1.49. The van der Waals surface area contributed by atoms with Crippen LogP contribution in [-0.4, -0.2) is 6.61 Å². The van der Waals surface area contributed by atoms with Gasteiger partial charge in [0, 0.05) is 6.42 Å². The number of alkyl halides is 3. The van der Waals surface area contributed by atoms with Crippen molar-refractivity contribution in [2.24, 2.45) is 5.73 Å². The second-order valence-corrected chi connectivity index (χ2v) is 3.84. The molecule has 2 nitrogen and oxygen atoms in total. The second kappa shape index (κ2) is 4.41. The van der Waals surface area contributed by atoms with Crippen LogP contribution in [0.2, 0.25) is 0 Å². The van der Waals surface area contributed by atoms with E-state index in [4.69, 9.17) is 10.5 Å². The number of halogens is 3. The van der Waals surface area contributed by atoms with E-state index in [0.717, 1.165) is 18.6 Å². The predicted octanol–water partition coefficient (Wildman–Crippen LogP) is 3.01. The summed E-state index contributed by atoms with van der Waals surface area (Å²) in [6.45, 7) is 0.544. The van der Waals surface area contributed by atoms with Gasteiger partial charge in [0.15, 0.2) is 0 Å². The first-order chi connectivity index (χ1) is 7.98. The average molecular weight is 243 g/mol. The van der Waals surface area contributed by atoms with E-state index in [2.05, 4.69) is 0 Å². The predicted molar refractivity (Wildman–Crippen MR) is 57.0 cm³/mol. The van der Waals surface area contributed by atoms with Crippen molar-refractivity contribution in [1.29, 1.82) is 0 Å². The van der Waals surface area contributed by atoms with Crippen molar-refractivity contribution in [3.8, 4) is 0 Å². The molecule has 1 heterocycles. The summed E-state index contributed by atoms with van der Waals surface area (Å²) in [6.07, 6.45) is -1.78. The highest BCUT2D eigenvalue weighted by molar-refractivity contribution is 5.31. The van der Waals surface area contributed by atoms with Crippen LogP contribution in [0.25, 0.3) is 0 Å². The van der Waals surface area contributed by atoms with Crippen molar-refractivity contribution in [3.05, 3.63) is 47.2 Å². The van der Waals surface area contributed by atoms with E-state index >= 15 is 0 Å². The van der Waals surface area contributed by atoms with Gasteiger partial charge >= 0.3 is 6.18 Å². The minimum absolute atomic E-state index is 0.410. The van der Waals surface area contributed by atoms with Gasteiger partial charge in [-0.1, -0.05) is 12.1 Å². The molecule has 1 aromatic rings. The van der Waals surface area contributed by atoms with Crippen LogP contribution in [0.1, 0.15) is 23.6 Å². The average Bonchev–Trinajstić information content (AvgIpc) is 2.80.